The van der Waals surface area contributed by atoms with E-state index in [0.717, 1.165) is 5.56 Å². The first-order chi connectivity index (χ1) is 14.7. The Balaban J connectivity index is 1.67. The molecule has 0 aliphatic rings. The number of anilines is 1. The van der Waals surface area contributed by atoms with E-state index in [-0.39, 0.29) is 17.5 Å². The average Bonchev–Trinajstić information content (AvgIpc) is 3.16. The number of hydrogen-bond donors (Lipinski definition) is 1. The highest BCUT2D eigenvalue weighted by molar-refractivity contribution is 6.18. The van der Waals surface area contributed by atoms with E-state index in [0.29, 0.717) is 28.0 Å². The van der Waals surface area contributed by atoms with Gasteiger partial charge in [-0.05, 0) is 48.0 Å². The standard InChI is InChI=1S/C25H19NO4/c1-29-19-14-12-18(13-15-19)24(28)25-23(20-9-5-6-10-21(20)30-25)26-22(27)16-11-17-7-3-2-4-8-17/h2-16H,1H3,(H,26,27)/b16-11+. The molecule has 4 aromatic rings. The molecule has 0 atom stereocenters. The van der Waals surface area contributed by atoms with Crippen LogP contribution in [-0.2, 0) is 4.79 Å². The molecule has 1 heterocycles. The van der Waals surface area contributed by atoms with Crippen LogP contribution >= 0.6 is 0 Å². The zero-order valence-corrected chi connectivity index (χ0v) is 16.3. The second kappa shape index (κ2) is 8.49. The number of nitrogens with one attached hydrogen (secondary N) is 1. The summed E-state index contributed by atoms with van der Waals surface area (Å²) in [5, 5.41) is 3.47. The Morgan fingerprint density at radius 3 is 2.33 bits per heavy atom. The van der Waals surface area contributed by atoms with Crippen LogP contribution in [0.2, 0.25) is 0 Å². The van der Waals surface area contributed by atoms with Gasteiger partial charge in [0.2, 0.25) is 11.7 Å². The molecule has 1 amide bonds. The predicted molar refractivity (Wildman–Crippen MR) is 117 cm³/mol. The van der Waals surface area contributed by atoms with Gasteiger partial charge < -0.3 is 14.5 Å². The van der Waals surface area contributed by atoms with Crippen LogP contribution in [0, 0.1) is 0 Å². The van der Waals surface area contributed by atoms with Gasteiger partial charge in [0.15, 0.2) is 5.76 Å². The second-order valence-electron chi connectivity index (χ2n) is 6.59. The molecule has 0 bridgehead atoms. The van der Waals surface area contributed by atoms with Crippen molar-refractivity contribution in [2.75, 3.05) is 12.4 Å². The van der Waals surface area contributed by atoms with E-state index in [9.17, 15) is 9.59 Å². The van der Waals surface area contributed by atoms with Crippen LogP contribution in [0.15, 0.2) is 89.4 Å². The molecular formula is C25H19NO4. The number of amides is 1. The fourth-order valence-corrected chi connectivity index (χ4v) is 3.10. The molecule has 1 N–H and O–H groups in total. The highest BCUT2D eigenvalue weighted by atomic mass is 16.5. The Labute approximate surface area is 173 Å². The minimum atomic E-state index is -0.353. The topological polar surface area (TPSA) is 68.5 Å². The summed E-state index contributed by atoms with van der Waals surface area (Å²) in [6, 6.07) is 23.4. The molecule has 0 aliphatic carbocycles. The number of rotatable bonds is 6. The lowest BCUT2D eigenvalue weighted by molar-refractivity contribution is -0.111. The zero-order chi connectivity index (χ0) is 20.9. The third-order valence-corrected chi connectivity index (χ3v) is 4.63. The molecule has 0 fully saturated rings. The number of methoxy groups -OCH3 is 1. The van der Waals surface area contributed by atoms with Gasteiger partial charge in [0.05, 0.1) is 12.8 Å². The average molecular weight is 397 g/mol. The van der Waals surface area contributed by atoms with Gasteiger partial charge in [-0.25, -0.2) is 0 Å². The van der Waals surface area contributed by atoms with Crippen LogP contribution in [0.3, 0.4) is 0 Å². The number of carbonyl (C=O) groups excluding carboxylic acids is 2. The molecule has 3 aromatic carbocycles. The fraction of sp³-hybridized carbons (Fsp3) is 0.0400. The first kappa shape index (κ1) is 19.2. The molecule has 5 heteroatoms. The van der Waals surface area contributed by atoms with E-state index in [2.05, 4.69) is 5.32 Å². The van der Waals surface area contributed by atoms with Crippen LogP contribution in [-0.4, -0.2) is 18.8 Å². The normalized spacial score (nSPS) is 11.0. The highest BCUT2D eigenvalue weighted by Gasteiger charge is 2.23. The van der Waals surface area contributed by atoms with Crippen molar-refractivity contribution in [3.05, 3.63) is 102 Å². The van der Waals surface area contributed by atoms with E-state index in [1.165, 1.54) is 6.08 Å². The summed E-state index contributed by atoms with van der Waals surface area (Å²) in [5.74, 6) is 0.0592. The molecule has 30 heavy (non-hydrogen) atoms. The van der Waals surface area contributed by atoms with Gasteiger partial charge in [0.1, 0.15) is 11.3 Å². The first-order valence-electron chi connectivity index (χ1n) is 9.40. The molecule has 0 saturated carbocycles. The van der Waals surface area contributed by atoms with Gasteiger partial charge in [-0.3, -0.25) is 9.59 Å². The second-order valence-corrected chi connectivity index (χ2v) is 6.59. The molecule has 1 aromatic heterocycles. The Kier molecular flexibility index (Phi) is 5.44. The highest BCUT2D eigenvalue weighted by Crippen LogP contribution is 2.32. The maximum absolute atomic E-state index is 13.1. The molecule has 0 radical (unpaired) electrons. The molecule has 0 spiro atoms. The molecule has 5 nitrogen and oxygen atoms in total. The number of hydrogen-bond acceptors (Lipinski definition) is 4. The summed E-state index contributed by atoms with van der Waals surface area (Å²) >= 11 is 0. The lowest BCUT2D eigenvalue weighted by Crippen LogP contribution is -2.11. The molecule has 0 saturated heterocycles. The number of para-hydroxylation sites is 1. The van der Waals surface area contributed by atoms with Crippen molar-refractivity contribution >= 4 is 34.4 Å². The molecule has 0 aliphatic heterocycles. The van der Waals surface area contributed by atoms with Crippen molar-refractivity contribution in [2.24, 2.45) is 0 Å². The van der Waals surface area contributed by atoms with Crippen molar-refractivity contribution in [1.29, 1.82) is 0 Å². The van der Waals surface area contributed by atoms with Gasteiger partial charge in [0.25, 0.3) is 0 Å². The summed E-state index contributed by atoms with van der Waals surface area (Å²) in [7, 11) is 1.56. The third kappa shape index (κ3) is 4.00. The van der Waals surface area contributed by atoms with Crippen LogP contribution in [0.4, 0.5) is 5.69 Å². The predicted octanol–water partition coefficient (Wildman–Crippen LogP) is 5.32. The summed E-state index contributed by atoms with van der Waals surface area (Å²) < 4.78 is 11.0. The number of benzene rings is 3. The lowest BCUT2D eigenvalue weighted by atomic mass is 10.1. The van der Waals surface area contributed by atoms with Crippen molar-refractivity contribution < 1.29 is 18.7 Å². The van der Waals surface area contributed by atoms with E-state index in [1.54, 1.807) is 49.6 Å². The van der Waals surface area contributed by atoms with Crippen molar-refractivity contribution in [3.63, 3.8) is 0 Å². The zero-order valence-electron chi connectivity index (χ0n) is 16.3. The Morgan fingerprint density at radius 1 is 0.900 bits per heavy atom. The monoisotopic (exact) mass is 397 g/mol. The van der Waals surface area contributed by atoms with Crippen molar-refractivity contribution in [3.8, 4) is 5.75 Å². The van der Waals surface area contributed by atoms with E-state index < -0.39 is 0 Å². The minimum Gasteiger partial charge on any atom is -0.497 e. The molecular weight excluding hydrogens is 378 g/mol. The smallest absolute Gasteiger partial charge is 0.248 e. The van der Waals surface area contributed by atoms with Crippen LogP contribution in [0.5, 0.6) is 5.75 Å². The van der Waals surface area contributed by atoms with Crippen molar-refractivity contribution in [1.82, 2.24) is 0 Å². The third-order valence-electron chi connectivity index (χ3n) is 4.63. The van der Waals surface area contributed by atoms with Crippen LogP contribution in [0.25, 0.3) is 17.0 Å². The van der Waals surface area contributed by atoms with Crippen molar-refractivity contribution in [2.45, 2.75) is 0 Å². The van der Waals surface area contributed by atoms with Gasteiger partial charge in [-0.1, -0.05) is 42.5 Å². The van der Waals surface area contributed by atoms with E-state index in [1.807, 2.05) is 42.5 Å². The van der Waals surface area contributed by atoms with Gasteiger partial charge in [0, 0.05) is 17.0 Å². The number of fused-ring (bicyclic) bond motifs is 1. The fourth-order valence-electron chi connectivity index (χ4n) is 3.10. The molecule has 0 unspecified atom stereocenters. The number of furan rings is 1. The molecule has 148 valence electrons. The maximum atomic E-state index is 13.1. The van der Waals surface area contributed by atoms with Gasteiger partial charge >= 0.3 is 0 Å². The van der Waals surface area contributed by atoms with E-state index in [4.69, 9.17) is 9.15 Å². The maximum Gasteiger partial charge on any atom is 0.248 e. The summed E-state index contributed by atoms with van der Waals surface area (Å²) in [6.07, 6.45) is 3.14. The first-order valence-corrected chi connectivity index (χ1v) is 9.40. The lowest BCUT2D eigenvalue weighted by Gasteiger charge is -2.05. The van der Waals surface area contributed by atoms with Crippen LogP contribution < -0.4 is 10.1 Å². The minimum absolute atomic E-state index is 0.0860. The Hall–Kier alpha value is -4.12. The number of carbonyl (C=O) groups is 2. The summed E-state index contributed by atoms with van der Waals surface area (Å²) in [5.41, 5.74) is 2.22. The Morgan fingerprint density at radius 2 is 1.60 bits per heavy atom. The number of ether oxygens (including phenoxy) is 1. The molecule has 4 rings (SSSR count). The van der Waals surface area contributed by atoms with Gasteiger partial charge in [-0.15, -0.1) is 0 Å². The summed E-state index contributed by atoms with van der Waals surface area (Å²) in [4.78, 5) is 25.6. The SMILES string of the molecule is COc1ccc(C(=O)c2oc3ccccc3c2NC(=O)/C=C/c2ccccc2)cc1. The van der Waals surface area contributed by atoms with Crippen LogP contribution in [0.1, 0.15) is 21.7 Å². The number of ketones is 1. The quantitative estimate of drug-likeness (QED) is 0.353. The Bertz CT molecular complexity index is 1220. The van der Waals surface area contributed by atoms with E-state index >= 15 is 0 Å². The largest absolute Gasteiger partial charge is 0.497 e. The summed E-state index contributed by atoms with van der Waals surface area (Å²) in [6.45, 7) is 0. The van der Waals surface area contributed by atoms with Gasteiger partial charge in [-0.2, -0.15) is 0 Å².